The first-order valence-electron chi connectivity index (χ1n) is 7.02. The highest BCUT2D eigenvalue weighted by molar-refractivity contribution is 5.90. The third-order valence-electron chi connectivity index (χ3n) is 3.33. The lowest BCUT2D eigenvalue weighted by molar-refractivity contribution is 0.0473. The number of benzene rings is 2. The van der Waals surface area contributed by atoms with Crippen LogP contribution in [0.5, 0.6) is 0 Å². The first-order chi connectivity index (χ1) is 10.7. The van der Waals surface area contributed by atoms with Gasteiger partial charge in [0, 0.05) is 18.8 Å². The normalized spacial score (nSPS) is 10.4. The molecule has 4 heteroatoms. The maximum Gasteiger partial charge on any atom is 0.338 e. The van der Waals surface area contributed by atoms with Crippen molar-refractivity contribution in [2.75, 3.05) is 0 Å². The van der Waals surface area contributed by atoms with E-state index >= 15 is 0 Å². The average Bonchev–Trinajstić information content (AvgIpc) is 3.00. The Bertz CT molecular complexity index is 761. The molecule has 0 spiro atoms. The van der Waals surface area contributed by atoms with Crippen molar-refractivity contribution in [2.24, 2.45) is 7.05 Å². The van der Waals surface area contributed by atoms with Gasteiger partial charge >= 0.3 is 5.97 Å². The van der Waals surface area contributed by atoms with Gasteiger partial charge in [-0.3, -0.25) is 0 Å². The first kappa shape index (κ1) is 14.1. The van der Waals surface area contributed by atoms with E-state index < -0.39 is 0 Å². The zero-order chi connectivity index (χ0) is 15.4. The lowest BCUT2D eigenvalue weighted by atomic mass is 10.1. The molecule has 0 aliphatic carbocycles. The van der Waals surface area contributed by atoms with Crippen LogP contribution in [0.3, 0.4) is 0 Å². The summed E-state index contributed by atoms with van der Waals surface area (Å²) in [6.45, 7) is 0.279. The summed E-state index contributed by atoms with van der Waals surface area (Å²) >= 11 is 0. The SMILES string of the molecule is Cn1cnc(-c2ccc(C(=O)OCc3ccccc3)cc2)c1. The maximum atomic E-state index is 12.0. The molecule has 0 amide bonds. The van der Waals surface area contributed by atoms with Crippen LogP contribution in [0.2, 0.25) is 0 Å². The van der Waals surface area contributed by atoms with Crippen LogP contribution in [-0.4, -0.2) is 15.5 Å². The van der Waals surface area contributed by atoms with Crippen molar-refractivity contribution in [3.63, 3.8) is 0 Å². The summed E-state index contributed by atoms with van der Waals surface area (Å²) in [5.41, 5.74) is 3.36. The third-order valence-corrected chi connectivity index (χ3v) is 3.33. The average molecular weight is 292 g/mol. The van der Waals surface area contributed by atoms with Crippen LogP contribution in [0.1, 0.15) is 15.9 Å². The topological polar surface area (TPSA) is 44.1 Å². The molecule has 0 bridgehead atoms. The molecule has 2 aromatic carbocycles. The van der Waals surface area contributed by atoms with Gasteiger partial charge in [-0.1, -0.05) is 42.5 Å². The van der Waals surface area contributed by atoms with Crippen LogP contribution in [0.4, 0.5) is 0 Å². The molecule has 1 heterocycles. The Labute approximate surface area is 129 Å². The summed E-state index contributed by atoms with van der Waals surface area (Å²) in [7, 11) is 1.92. The molecule has 0 saturated carbocycles. The van der Waals surface area contributed by atoms with Gasteiger partial charge in [-0.05, 0) is 17.7 Å². The van der Waals surface area contributed by atoms with Crippen molar-refractivity contribution in [1.82, 2.24) is 9.55 Å². The minimum atomic E-state index is -0.323. The number of carbonyl (C=O) groups is 1. The summed E-state index contributed by atoms with van der Waals surface area (Å²) in [4.78, 5) is 16.3. The Morgan fingerprint density at radius 3 is 2.45 bits per heavy atom. The van der Waals surface area contributed by atoms with Gasteiger partial charge in [0.25, 0.3) is 0 Å². The molecular weight excluding hydrogens is 276 g/mol. The minimum absolute atomic E-state index is 0.279. The van der Waals surface area contributed by atoms with E-state index in [-0.39, 0.29) is 12.6 Å². The second kappa shape index (κ2) is 6.26. The second-order valence-electron chi connectivity index (χ2n) is 5.06. The Morgan fingerprint density at radius 2 is 1.82 bits per heavy atom. The van der Waals surface area contributed by atoms with Crippen LogP contribution < -0.4 is 0 Å². The monoisotopic (exact) mass is 292 g/mol. The summed E-state index contributed by atoms with van der Waals surface area (Å²) in [6, 6.07) is 16.9. The van der Waals surface area contributed by atoms with Crippen molar-refractivity contribution in [2.45, 2.75) is 6.61 Å². The molecule has 110 valence electrons. The molecule has 3 rings (SSSR count). The predicted molar refractivity (Wildman–Crippen MR) is 84.2 cm³/mol. The Morgan fingerprint density at radius 1 is 1.09 bits per heavy atom. The Hall–Kier alpha value is -2.88. The summed E-state index contributed by atoms with van der Waals surface area (Å²) in [5.74, 6) is -0.323. The van der Waals surface area contributed by atoms with Gasteiger partial charge in [0.05, 0.1) is 17.6 Å². The molecule has 0 radical (unpaired) electrons. The molecule has 0 aliphatic rings. The summed E-state index contributed by atoms with van der Waals surface area (Å²) in [6.07, 6.45) is 3.68. The molecule has 3 aromatic rings. The van der Waals surface area contributed by atoms with Gasteiger partial charge in [-0.25, -0.2) is 9.78 Å². The molecule has 0 saturated heterocycles. The molecule has 0 aliphatic heterocycles. The summed E-state index contributed by atoms with van der Waals surface area (Å²) in [5, 5.41) is 0. The van der Waals surface area contributed by atoms with Crippen LogP contribution in [0.15, 0.2) is 67.1 Å². The van der Waals surface area contributed by atoms with Crippen molar-refractivity contribution in [1.29, 1.82) is 0 Å². The molecule has 0 atom stereocenters. The third kappa shape index (κ3) is 3.23. The maximum absolute atomic E-state index is 12.0. The Balaban J connectivity index is 1.66. The van der Waals surface area contributed by atoms with Gasteiger partial charge in [0.2, 0.25) is 0 Å². The van der Waals surface area contributed by atoms with E-state index in [1.54, 1.807) is 18.5 Å². The number of aromatic nitrogens is 2. The fourth-order valence-electron chi connectivity index (χ4n) is 2.15. The van der Waals surface area contributed by atoms with E-state index in [2.05, 4.69) is 4.98 Å². The Kier molecular flexibility index (Phi) is 4.01. The zero-order valence-electron chi connectivity index (χ0n) is 12.3. The minimum Gasteiger partial charge on any atom is -0.457 e. The van der Waals surface area contributed by atoms with Crippen molar-refractivity contribution >= 4 is 5.97 Å². The predicted octanol–water partition coefficient (Wildman–Crippen LogP) is 3.44. The van der Waals surface area contributed by atoms with Crippen LogP contribution >= 0.6 is 0 Å². The van der Waals surface area contributed by atoms with Gasteiger partial charge in [0.15, 0.2) is 0 Å². The van der Waals surface area contributed by atoms with Crippen LogP contribution in [-0.2, 0) is 18.4 Å². The molecule has 0 N–H and O–H groups in total. The molecule has 0 unspecified atom stereocenters. The standard InChI is InChI=1S/C18H16N2O2/c1-20-11-17(19-13-20)15-7-9-16(10-8-15)18(21)22-12-14-5-3-2-4-6-14/h2-11,13H,12H2,1H3. The fraction of sp³-hybridized carbons (Fsp3) is 0.111. The largest absolute Gasteiger partial charge is 0.457 e. The molecular formula is C18H16N2O2. The molecule has 1 aromatic heterocycles. The van der Waals surface area contributed by atoms with Crippen LogP contribution in [0.25, 0.3) is 11.3 Å². The lowest BCUT2D eigenvalue weighted by Crippen LogP contribution is -2.05. The van der Waals surface area contributed by atoms with Gasteiger partial charge in [0.1, 0.15) is 6.61 Å². The molecule has 0 fully saturated rings. The summed E-state index contributed by atoms with van der Waals surface area (Å²) < 4.78 is 7.19. The number of ether oxygens (including phenoxy) is 1. The van der Waals surface area contributed by atoms with Crippen molar-refractivity contribution in [3.8, 4) is 11.3 Å². The quantitative estimate of drug-likeness (QED) is 0.692. The number of nitrogens with zero attached hydrogens (tertiary/aromatic N) is 2. The number of imidazole rings is 1. The highest BCUT2D eigenvalue weighted by atomic mass is 16.5. The van der Waals surface area contributed by atoms with Crippen molar-refractivity contribution < 1.29 is 9.53 Å². The van der Waals surface area contributed by atoms with Gasteiger partial charge in [-0.15, -0.1) is 0 Å². The lowest BCUT2D eigenvalue weighted by Gasteiger charge is -2.05. The van der Waals surface area contributed by atoms with E-state index in [9.17, 15) is 4.79 Å². The van der Waals surface area contributed by atoms with Crippen molar-refractivity contribution in [3.05, 3.63) is 78.2 Å². The zero-order valence-corrected chi connectivity index (χ0v) is 12.3. The fourth-order valence-corrected chi connectivity index (χ4v) is 2.15. The smallest absolute Gasteiger partial charge is 0.338 e. The van der Waals surface area contributed by atoms with E-state index in [0.29, 0.717) is 5.56 Å². The molecule has 4 nitrogen and oxygen atoms in total. The van der Waals surface area contributed by atoms with Gasteiger partial charge in [-0.2, -0.15) is 0 Å². The van der Waals surface area contributed by atoms with E-state index in [1.807, 2.05) is 60.3 Å². The van der Waals surface area contributed by atoms with Crippen LogP contribution in [0, 0.1) is 0 Å². The van der Waals surface area contributed by atoms with Gasteiger partial charge < -0.3 is 9.30 Å². The number of rotatable bonds is 4. The van der Waals surface area contributed by atoms with E-state index in [4.69, 9.17) is 4.74 Å². The number of esters is 1. The number of hydrogen-bond acceptors (Lipinski definition) is 3. The number of hydrogen-bond donors (Lipinski definition) is 0. The van der Waals surface area contributed by atoms with E-state index in [0.717, 1.165) is 16.8 Å². The first-order valence-corrected chi connectivity index (χ1v) is 7.02. The molecule has 22 heavy (non-hydrogen) atoms. The number of carbonyl (C=O) groups excluding carboxylic acids is 1. The van der Waals surface area contributed by atoms with E-state index in [1.165, 1.54) is 0 Å². The second-order valence-corrected chi connectivity index (χ2v) is 5.06. The highest BCUT2D eigenvalue weighted by Gasteiger charge is 2.08. The number of aryl methyl sites for hydroxylation is 1. The highest BCUT2D eigenvalue weighted by Crippen LogP contribution is 2.18.